The Morgan fingerprint density at radius 3 is 2.96 bits per heavy atom. The zero-order valence-corrected chi connectivity index (χ0v) is 13.3. The van der Waals surface area contributed by atoms with Crippen LogP contribution in [0.15, 0.2) is 49.4 Å². The predicted octanol–water partition coefficient (Wildman–Crippen LogP) is 2.44. The second kappa shape index (κ2) is 5.77. The van der Waals surface area contributed by atoms with E-state index in [9.17, 15) is 9.59 Å². The number of amides is 2. The molecule has 2 amide bonds. The Balaban J connectivity index is 2.07. The van der Waals surface area contributed by atoms with Crippen molar-refractivity contribution in [3.8, 4) is 5.75 Å². The molecular formula is C17H16N4O3. The average molecular weight is 324 g/mol. The van der Waals surface area contributed by atoms with Gasteiger partial charge < -0.3 is 10.1 Å². The van der Waals surface area contributed by atoms with Gasteiger partial charge in [0.1, 0.15) is 6.33 Å². The molecule has 2 heterocycles. The summed E-state index contributed by atoms with van der Waals surface area (Å²) in [5.41, 5.74) is 0.0567. The lowest BCUT2D eigenvalue weighted by Gasteiger charge is -2.37. The van der Waals surface area contributed by atoms with Gasteiger partial charge >= 0.3 is 0 Å². The van der Waals surface area contributed by atoms with Gasteiger partial charge in [-0.15, -0.1) is 0 Å². The second-order valence-corrected chi connectivity index (χ2v) is 5.71. The molecule has 0 spiro atoms. The van der Waals surface area contributed by atoms with Crippen LogP contribution in [0, 0.1) is 0 Å². The number of carbonyl (C=O) groups is 2. The first kappa shape index (κ1) is 15.7. The molecule has 1 aliphatic rings. The molecule has 0 radical (unpaired) electrons. The van der Waals surface area contributed by atoms with E-state index in [1.807, 2.05) is 0 Å². The molecule has 24 heavy (non-hydrogen) atoms. The highest BCUT2D eigenvalue weighted by atomic mass is 16.5. The van der Waals surface area contributed by atoms with E-state index in [1.54, 1.807) is 38.1 Å². The van der Waals surface area contributed by atoms with Crippen LogP contribution >= 0.6 is 0 Å². The molecule has 0 bridgehead atoms. The Kier molecular flexibility index (Phi) is 3.76. The average Bonchev–Trinajstić information content (AvgIpc) is 2.56. The minimum absolute atomic E-state index is 0.263. The maximum absolute atomic E-state index is 12.8. The summed E-state index contributed by atoms with van der Waals surface area (Å²) in [6.45, 7) is 6.78. The molecule has 0 saturated carbocycles. The molecule has 1 aliphatic heterocycles. The van der Waals surface area contributed by atoms with E-state index in [4.69, 9.17) is 4.74 Å². The first-order chi connectivity index (χ1) is 11.4. The monoisotopic (exact) mass is 324 g/mol. The molecule has 3 rings (SSSR count). The Morgan fingerprint density at radius 2 is 2.21 bits per heavy atom. The molecule has 7 nitrogen and oxygen atoms in total. The van der Waals surface area contributed by atoms with E-state index in [2.05, 4.69) is 21.9 Å². The summed E-state index contributed by atoms with van der Waals surface area (Å²) in [5.74, 6) is 0.188. The summed E-state index contributed by atoms with van der Waals surface area (Å²) in [5, 5.41) is 2.67. The Bertz CT molecular complexity index is 832. The van der Waals surface area contributed by atoms with Crippen LogP contribution in [-0.4, -0.2) is 27.4 Å². The third kappa shape index (κ3) is 2.71. The molecule has 2 aromatic rings. The first-order valence-corrected chi connectivity index (χ1v) is 7.29. The number of hydrogen-bond donors (Lipinski definition) is 1. The van der Waals surface area contributed by atoms with E-state index in [-0.39, 0.29) is 11.8 Å². The Labute approximate surface area is 139 Å². The summed E-state index contributed by atoms with van der Waals surface area (Å²) in [6.07, 6.45) is 4.05. The van der Waals surface area contributed by atoms with Crippen LogP contribution in [0.3, 0.4) is 0 Å². The zero-order chi connectivity index (χ0) is 17.3. The summed E-state index contributed by atoms with van der Waals surface area (Å²) in [6, 6.07) is 6.91. The molecule has 0 saturated heterocycles. The standard InChI is InChI=1S/C17H16N4O3/c1-4-14(22)20-11-6-5-7-12(8-11)21-15-13(9-18-10-19-15)24-17(2,3)16(21)23/h4-10H,1H2,2-3H3,(H,20,22). The van der Waals surface area contributed by atoms with Crippen LogP contribution in [0.25, 0.3) is 0 Å². The smallest absolute Gasteiger partial charge is 0.276 e. The van der Waals surface area contributed by atoms with Crippen molar-refractivity contribution in [1.82, 2.24) is 9.97 Å². The fraction of sp³-hybridized carbons (Fsp3) is 0.176. The molecule has 0 unspecified atom stereocenters. The third-order valence-electron chi connectivity index (χ3n) is 3.51. The summed E-state index contributed by atoms with van der Waals surface area (Å²) in [7, 11) is 0. The molecule has 7 heteroatoms. The lowest BCUT2D eigenvalue weighted by Crippen LogP contribution is -2.50. The fourth-order valence-electron chi connectivity index (χ4n) is 2.39. The van der Waals surface area contributed by atoms with Gasteiger partial charge in [0.05, 0.1) is 11.9 Å². The van der Waals surface area contributed by atoms with Crippen molar-refractivity contribution in [3.63, 3.8) is 0 Å². The van der Waals surface area contributed by atoms with Crippen LogP contribution in [0.4, 0.5) is 17.2 Å². The van der Waals surface area contributed by atoms with Gasteiger partial charge in [-0.1, -0.05) is 12.6 Å². The van der Waals surface area contributed by atoms with E-state index < -0.39 is 5.60 Å². The summed E-state index contributed by atoms with van der Waals surface area (Å²) < 4.78 is 5.70. The number of nitrogens with one attached hydrogen (secondary N) is 1. The van der Waals surface area contributed by atoms with E-state index in [0.29, 0.717) is 22.9 Å². The molecule has 122 valence electrons. The second-order valence-electron chi connectivity index (χ2n) is 5.71. The number of benzene rings is 1. The number of carbonyl (C=O) groups excluding carboxylic acids is 2. The first-order valence-electron chi connectivity index (χ1n) is 7.29. The summed E-state index contributed by atoms with van der Waals surface area (Å²) in [4.78, 5) is 33.9. The highest BCUT2D eigenvalue weighted by Crippen LogP contribution is 2.40. The van der Waals surface area contributed by atoms with Gasteiger partial charge in [0, 0.05) is 5.69 Å². The molecule has 0 atom stereocenters. The van der Waals surface area contributed by atoms with Gasteiger partial charge in [0.25, 0.3) is 5.91 Å². The maximum atomic E-state index is 12.8. The van der Waals surface area contributed by atoms with E-state index in [0.717, 1.165) is 0 Å². The fourth-order valence-corrected chi connectivity index (χ4v) is 2.39. The number of rotatable bonds is 3. The number of anilines is 3. The number of hydrogen-bond acceptors (Lipinski definition) is 5. The van der Waals surface area contributed by atoms with Crippen LogP contribution in [0.5, 0.6) is 5.75 Å². The number of ether oxygens (including phenoxy) is 1. The minimum atomic E-state index is -1.06. The molecule has 1 aromatic carbocycles. The van der Waals surface area contributed by atoms with Gasteiger partial charge in [0.15, 0.2) is 17.2 Å². The van der Waals surface area contributed by atoms with E-state index in [1.165, 1.54) is 23.5 Å². The molecule has 0 aliphatic carbocycles. The van der Waals surface area contributed by atoms with E-state index >= 15 is 0 Å². The van der Waals surface area contributed by atoms with Crippen LogP contribution in [-0.2, 0) is 9.59 Å². The topological polar surface area (TPSA) is 84.4 Å². The minimum Gasteiger partial charge on any atom is -0.472 e. The number of nitrogens with zero attached hydrogens (tertiary/aromatic N) is 3. The van der Waals surface area contributed by atoms with Gasteiger partial charge in [-0.2, -0.15) is 0 Å². The highest BCUT2D eigenvalue weighted by Gasteiger charge is 2.42. The van der Waals surface area contributed by atoms with Crippen molar-refractivity contribution in [3.05, 3.63) is 49.4 Å². The molecule has 0 fully saturated rings. The van der Waals surface area contributed by atoms with Crippen molar-refractivity contribution in [2.45, 2.75) is 19.4 Å². The third-order valence-corrected chi connectivity index (χ3v) is 3.51. The zero-order valence-electron chi connectivity index (χ0n) is 13.3. The van der Waals surface area contributed by atoms with Crippen molar-refractivity contribution in [2.75, 3.05) is 10.2 Å². The molecular weight excluding hydrogens is 308 g/mol. The normalized spacial score (nSPS) is 15.2. The Hall–Kier alpha value is -3.22. The number of fused-ring (bicyclic) bond motifs is 1. The van der Waals surface area contributed by atoms with Crippen molar-refractivity contribution < 1.29 is 14.3 Å². The van der Waals surface area contributed by atoms with Crippen molar-refractivity contribution in [1.29, 1.82) is 0 Å². The quantitative estimate of drug-likeness (QED) is 0.877. The Morgan fingerprint density at radius 1 is 1.42 bits per heavy atom. The van der Waals surface area contributed by atoms with Gasteiger partial charge in [-0.25, -0.2) is 9.97 Å². The van der Waals surface area contributed by atoms with Crippen LogP contribution < -0.4 is 15.0 Å². The number of aromatic nitrogens is 2. The van der Waals surface area contributed by atoms with Gasteiger partial charge in [-0.05, 0) is 38.1 Å². The predicted molar refractivity (Wildman–Crippen MR) is 89.2 cm³/mol. The lowest BCUT2D eigenvalue weighted by molar-refractivity contribution is -0.131. The largest absolute Gasteiger partial charge is 0.472 e. The SMILES string of the molecule is C=CC(=O)Nc1cccc(N2C(=O)C(C)(C)Oc3cncnc32)c1. The van der Waals surface area contributed by atoms with Crippen LogP contribution in [0.2, 0.25) is 0 Å². The van der Waals surface area contributed by atoms with Crippen LogP contribution in [0.1, 0.15) is 13.8 Å². The molecule has 1 aromatic heterocycles. The van der Waals surface area contributed by atoms with Gasteiger partial charge in [0.2, 0.25) is 5.91 Å². The van der Waals surface area contributed by atoms with Crippen molar-refractivity contribution in [2.24, 2.45) is 0 Å². The van der Waals surface area contributed by atoms with Crippen molar-refractivity contribution >= 4 is 29.0 Å². The molecule has 1 N–H and O–H groups in total. The maximum Gasteiger partial charge on any atom is 0.276 e. The lowest BCUT2D eigenvalue weighted by atomic mass is 10.0. The highest BCUT2D eigenvalue weighted by molar-refractivity contribution is 6.07. The van der Waals surface area contributed by atoms with Gasteiger partial charge in [-0.3, -0.25) is 14.5 Å². The summed E-state index contributed by atoms with van der Waals surface area (Å²) >= 11 is 0.